The number of aryl methyl sites for hydroxylation is 3. The fraction of sp³-hybridized carbons (Fsp3) is 0.500. The predicted octanol–water partition coefficient (Wildman–Crippen LogP) is 7.34. The van der Waals surface area contributed by atoms with Gasteiger partial charge in [0.1, 0.15) is 17.4 Å². The van der Waals surface area contributed by atoms with Crippen molar-refractivity contribution in [1.82, 2.24) is 19.8 Å². The molecule has 51 heavy (non-hydrogen) atoms. The number of fused-ring (bicyclic) bond motifs is 3. The average Bonchev–Trinajstić information content (AvgIpc) is 3.11. The summed E-state index contributed by atoms with van der Waals surface area (Å²) in [5, 5.41) is 7.86. The molecule has 1 unspecified atom stereocenters. The van der Waals surface area contributed by atoms with Crippen LogP contribution in [0.2, 0.25) is 0 Å². The maximum atomic E-state index is 14.1. The van der Waals surface area contributed by atoms with Crippen LogP contribution in [0.3, 0.4) is 0 Å². The Kier molecular flexibility index (Phi) is 10.9. The molecule has 0 radical (unpaired) electrons. The van der Waals surface area contributed by atoms with Crippen LogP contribution in [0.1, 0.15) is 64.9 Å². The van der Waals surface area contributed by atoms with Crippen LogP contribution in [0.25, 0.3) is 10.9 Å². The lowest BCUT2D eigenvalue weighted by Crippen LogP contribution is -2.57. The van der Waals surface area contributed by atoms with Gasteiger partial charge >= 0.3 is 0 Å². The van der Waals surface area contributed by atoms with Crippen molar-refractivity contribution in [2.24, 2.45) is 28.2 Å². The molecule has 2 bridgehead atoms. The quantitative estimate of drug-likeness (QED) is 0.141. The Morgan fingerprint density at radius 1 is 1.02 bits per heavy atom. The zero-order chi connectivity index (χ0) is 35.0. The molecule has 3 saturated carbocycles. The Hall–Kier alpha value is -4.24. The number of halogens is 1. The lowest BCUT2D eigenvalue weighted by molar-refractivity contribution is -0.108. The topological polar surface area (TPSA) is 83.8 Å². The summed E-state index contributed by atoms with van der Waals surface area (Å²) in [5.74, 6) is 4.17. The number of nitrogens with zero attached hydrogens (tertiary/aromatic N) is 4. The molecule has 4 aliphatic rings. The largest absolute Gasteiger partial charge is 0.497 e. The second-order valence-electron chi connectivity index (χ2n) is 15.3. The van der Waals surface area contributed by atoms with Gasteiger partial charge in [-0.25, -0.2) is 14.4 Å². The minimum Gasteiger partial charge on any atom is -0.497 e. The summed E-state index contributed by atoms with van der Waals surface area (Å²) >= 11 is 0. The van der Waals surface area contributed by atoms with Crippen LogP contribution < -0.4 is 20.9 Å². The molecule has 0 spiro atoms. The number of ether oxygens (including phenoxy) is 1. The SMILES string of the molecule is C.COc1ccc(CCc2nc3cc(NC(=NC4C[C@H]5C[C@@H]([C@@H]4C)C5(C)C)N4CCN[C@@H](C)C4)ccc3c(=O)n2CCc2ccc(F)cc2)cc1. The van der Waals surface area contributed by atoms with E-state index in [1.54, 1.807) is 23.8 Å². The molecule has 8 rings (SSSR count). The lowest BCUT2D eigenvalue weighted by atomic mass is 9.45. The fourth-order valence-electron chi connectivity index (χ4n) is 8.60. The van der Waals surface area contributed by atoms with Crippen LogP contribution in [0.5, 0.6) is 5.75 Å². The minimum absolute atomic E-state index is 0. The van der Waals surface area contributed by atoms with E-state index in [4.69, 9.17) is 14.7 Å². The highest BCUT2D eigenvalue weighted by Gasteiger charge is 2.56. The Labute approximate surface area is 302 Å². The molecule has 1 aliphatic heterocycles. The minimum atomic E-state index is -0.267. The molecular formula is C42H55FN6O2. The molecule has 3 aliphatic carbocycles. The maximum absolute atomic E-state index is 14.1. The Morgan fingerprint density at radius 3 is 2.43 bits per heavy atom. The van der Waals surface area contributed by atoms with Crippen molar-refractivity contribution in [2.75, 3.05) is 32.1 Å². The first-order chi connectivity index (χ1) is 24.1. The van der Waals surface area contributed by atoms with Gasteiger partial charge in [-0.3, -0.25) is 9.36 Å². The van der Waals surface area contributed by atoms with Crippen molar-refractivity contribution in [3.05, 3.63) is 99.9 Å². The molecule has 3 aromatic carbocycles. The number of benzene rings is 3. The third-order valence-electron chi connectivity index (χ3n) is 11.9. The predicted molar refractivity (Wildman–Crippen MR) is 206 cm³/mol. The summed E-state index contributed by atoms with van der Waals surface area (Å²) in [6, 6.07) is 21.0. The number of hydrogen-bond donors (Lipinski definition) is 2. The van der Waals surface area contributed by atoms with E-state index in [9.17, 15) is 9.18 Å². The summed E-state index contributed by atoms with van der Waals surface area (Å²) in [4.78, 5) is 27.1. The van der Waals surface area contributed by atoms with Crippen molar-refractivity contribution in [1.29, 1.82) is 0 Å². The van der Waals surface area contributed by atoms with Crippen molar-refractivity contribution in [2.45, 2.75) is 85.9 Å². The van der Waals surface area contributed by atoms with Gasteiger partial charge in [-0.1, -0.05) is 52.5 Å². The number of hydrogen-bond acceptors (Lipinski definition) is 5. The van der Waals surface area contributed by atoms with Gasteiger partial charge in [-0.05, 0) is 109 Å². The van der Waals surface area contributed by atoms with Gasteiger partial charge in [0.2, 0.25) is 0 Å². The summed E-state index contributed by atoms with van der Waals surface area (Å²) in [6.45, 7) is 12.6. The van der Waals surface area contributed by atoms with Crippen LogP contribution in [0, 0.1) is 29.0 Å². The Bertz CT molecular complexity index is 1900. The van der Waals surface area contributed by atoms with E-state index < -0.39 is 0 Å². The van der Waals surface area contributed by atoms with Crippen molar-refractivity contribution in [3.8, 4) is 5.75 Å². The first kappa shape index (κ1) is 36.5. The van der Waals surface area contributed by atoms with Crippen molar-refractivity contribution < 1.29 is 9.13 Å². The fourth-order valence-corrected chi connectivity index (χ4v) is 8.60. The van der Waals surface area contributed by atoms with Gasteiger partial charge in [0, 0.05) is 44.3 Å². The molecule has 272 valence electrons. The molecule has 1 saturated heterocycles. The number of methoxy groups -OCH3 is 1. The number of aromatic nitrogens is 2. The first-order valence-corrected chi connectivity index (χ1v) is 18.3. The zero-order valence-corrected chi connectivity index (χ0v) is 30.1. The van der Waals surface area contributed by atoms with Crippen LogP contribution in [-0.4, -0.2) is 59.2 Å². The Balaban J connectivity index is 0.00000448. The van der Waals surface area contributed by atoms with Gasteiger partial charge in [0.05, 0.1) is 24.1 Å². The summed E-state index contributed by atoms with van der Waals surface area (Å²) in [5.41, 5.74) is 4.02. The zero-order valence-electron chi connectivity index (χ0n) is 30.1. The van der Waals surface area contributed by atoms with E-state index in [2.05, 4.69) is 55.4 Å². The van der Waals surface area contributed by atoms with Gasteiger partial charge in [0.25, 0.3) is 5.56 Å². The van der Waals surface area contributed by atoms with Crippen LogP contribution in [-0.2, 0) is 25.8 Å². The van der Waals surface area contributed by atoms with Gasteiger partial charge in [-0.15, -0.1) is 0 Å². The molecule has 4 aromatic rings. The second kappa shape index (κ2) is 15.2. The first-order valence-electron chi connectivity index (χ1n) is 18.3. The highest BCUT2D eigenvalue weighted by atomic mass is 19.1. The maximum Gasteiger partial charge on any atom is 0.261 e. The number of nitrogens with one attached hydrogen (secondary N) is 2. The van der Waals surface area contributed by atoms with E-state index in [1.807, 2.05) is 30.3 Å². The van der Waals surface area contributed by atoms with Crippen molar-refractivity contribution in [3.63, 3.8) is 0 Å². The molecule has 2 N–H and O–H groups in total. The summed E-state index contributed by atoms with van der Waals surface area (Å²) < 4.78 is 20.7. The molecule has 8 nitrogen and oxygen atoms in total. The van der Waals surface area contributed by atoms with Gasteiger partial charge in [0.15, 0.2) is 5.96 Å². The van der Waals surface area contributed by atoms with Crippen LogP contribution in [0.15, 0.2) is 76.5 Å². The monoisotopic (exact) mass is 694 g/mol. The van der Waals surface area contributed by atoms with E-state index >= 15 is 0 Å². The summed E-state index contributed by atoms with van der Waals surface area (Å²) in [6.07, 6.45) is 4.39. The Morgan fingerprint density at radius 2 is 1.75 bits per heavy atom. The summed E-state index contributed by atoms with van der Waals surface area (Å²) in [7, 11) is 1.66. The normalized spacial score (nSPS) is 24.1. The van der Waals surface area contributed by atoms with E-state index in [1.165, 1.54) is 18.6 Å². The number of aliphatic imine (C=N–C) groups is 1. The number of rotatable bonds is 9. The van der Waals surface area contributed by atoms with Crippen molar-refractivity contribution >= 4 is 22.5 Å². The molecule has 1 aromatic heterocycles. The molecular weight excluding hydrogens is 640 g/mol. The standard InChI is InChI=1S/C41H51FN6O2.CH4/c1-26-25-47(21-19-43-26)40(46-36-23-30-22-35(27(36)2)41(30,3)4)44-32-13-16-34-37(24-32)45-38(17-10-28-8-14-33(50-5)15-9-28)48(39(34)49)20-18-29-6-11-31(42)12-7-29;/h6-9,11-16,24,26-27,30,35-36,43H,10,17-23,25H2,1-5H3,(H,44,46);1H4/t26-,27-,30+,35-,36?;/m0./s1. The lowest BCUT2D eigenvalue weighted by Gasteiger charge is -2.61. The van der Waals surface area contributed by atoms with Crippen LogP contribution in [0.4, 0.5) is 10.1 Å². The van der Waals surface area contributed by atoms with E-state index in [0.717, 1.165) is 72.7 Å². The number of guanidine groups is 1. The molecule has 0 amide bonds. The molecule has 2 heterocycles. The van der Waals surface area contributed by atoms with Gasteiger partial charge < -0.3 is 20.3 Å². The average molecular weight is 695 g/mol. The van der Waals surface area contributed by atoms with E-state index in [-0.39, 0.29) is 24.8 Å². The van der Waals surface area contributed by atoms with E-state index in [0.29, 0.717) is 53.6 Å². The third-order valence-corrected chi connectivity index (χ3v) is 11.9. The smallest absolute Gasteiger partial charge is 0.261 e. The van der Waals surface area contributed by atoms with Crippen LogP contribution >= 0.6 is 0 Å². The second-order valence-corrected chi connectivity index (χ2v) is 15.3. The van der Waals surface area contributed by atoms with Gasteiger partial charge in [-0.2, -0.15) is 0 Å². The molecule has 9 heteroatoms. The molecule has 5 atom stereocenters. The number of anilines is 1. The highest BCUT2D eigenvalue weighted by Crippen LogP contribution is 2.61. The highest BCUT2D eigenvalue weighted by molar-refractivity contribution is 5.96. The molecule has 4 fully saturated rings. The number of piperazine rings is 1. The third kappa shape index (κ3) is 7.69.